The molecule has 0 radical (unpaired) electrons. The number of fused-ring (bicyclic) bond motifs is 2. The van der Waals surface area contributed by atoms with Crippen LogP contribution in [-0.4, -0.2) is 33.9 Å². The van der Waals surface area contributed by atoms with Crippen molar-refractivity contribution >= 4 is 16.1 Å². The molecule has 0 saturated heterocycles. The van der Waals surface area contributed by atoms with Crippen molar-refractivity contribution in [2.75, 3.05) is 0 Å². The van der Waals surface area contributed by atoms with Gasteiger partial charge in [0.2, 0.25) is 10.0 Å². The lowest BCUT2D eigenvalue weighted by Crippen LogP contribution is -2.49. The van der Waals surface area contributed by atoms with Crippen molar-refractivity contribution in [1.82, 2.24) is 14.8 Å². The summed E-state index contributed by atoms with van der Waals surface area (Å²) in [5.41, 5.74) is 3.89. The summed E-state index contributed by atoms with van der Waals surface area (Å²) in [4.78, 5) is 4.38. The Morgan fingerprint density at radius 2 is 1.97 bits per heavy atom. The number of hydrogen-bond acceptors (Lipinski definition) is 5. The van der Waals surface area contributed by atoms with E-state index in [2.05, 4.69) is 16.2 Å². The molecule has 3 aliphatic carbocycles. The van der Waals surface area contributed by atoms with E-state index in [1.165, 1.54) is 5.57 Å². The van der Waals surface area contributed by atoms with E-state index < -0.39 is 15.6 Å². The van der Waals surface area contributed by atoms with Gasteiger partial charge in [-0.15, -0.1) is 0 Å². The molecule has 1 aromatic carbocycles. The maximum Gasteiger partial charge on any atom is 0.238 e. The number of benzene rings is 1. The second-order valence-corrected chi connectivity index (χ2v) is 11.5. The topological polar surface area (TPSA) is 111 Å². The number of sulfonamides is 1. The smallest absolute Gasteiger partial charge is 0.238 e. The van der Waals surface area contributed by atoms with Gasteiger partial charge in [-0.05, 0) is 86.3 Å². The second-order valence-electron chi connectivity index (χ2n) is 9.95. The zero-order chi connectivity index (χ0) is 23.6. The molecule has 0 unspecified atom stereocenters. The van der Waals surface area contributed by atoms with Crippen LogP contribution >= 0.6 is 0 Å². The summed E-state index contributed by atoms with van der Waals surface area (Å²) >= 11 is 0. The minimum absolute atomic E-state index is 0.150. The Labute approximate surface area is 199 Å². The monoisotopic (exact) mass is 476 g/mol. The lowest BCUT2D eigenvalue weighted by molar-refractivity contribution is -0.0661. The molecule has 6 rings (SSSR count). The van der Waals surface area contributed by atoms with Crippen molar-refractivity contribution < 1.29 is 13.5 Å². The lowest BCUT2D eigenvalue weighted by atomic mass is 9.61. The Morgan fingerprint density at radius 1 is 1.15 bits per heavy atom. The van der Waals surface area contributed by atoms with E-state index in [9.17, 15) is 13.5 Å². The van der Waals surface area contributed by atoms with Crippen molar-refractivity contribution in [3.8, 4) is 5.69 Å². The summed E-state index contributed by atoms with van der Waals surface area (Å²) in [5, 5.41) is 22.3. The number of nitrogens with zero attached hydrogens (tertiary/aromatic N) is 3. The third-order valence-electron chi connectivity index (χ3n) is 8.13. The van der Waals surface area contributed by atoms with E-state index in [0.717, 1.165) is 42.6 Å². The van der Waals surface area contributed by atoms with Crippen LogP contribution in [-0.2, 0) is 22.9 Å². The van der Waals surface area contributed by atoms with Crippen LogP contribution < -0.4 is 5.14 Å². The number of aromatic nitrogens is 3. The molecule has 34 heavy (non-hydrogen) atoms. The van der Waals surface area contributed by atoms with Gasteiger partial charge in [-0.1, -0.05) is 23.8 Å². The molecule has 0 aliphatic heterocycles. The molecule has 3 N–H and O–H groups in total. The van der Waals surface area contributed by atoms with Gasteiger partial charge in [-0.3, -0.25) is 4.98 Å². The first-order chi connectivity index (χ1) is 16.3. The zero-order valence-corrected chi connectivity index (χ0v) is 19.7. The van der Waals surface area contributed by atoms with Gasteiger partial charge < -0.3 is 5.11 Å². The summed E-state index contributed by atoms with van der Waals surface area (Å²) in [7, 11) is -3.81. The second kappa shape index (κ2) is 7.60. The van der Waals surface area contributed by atoms with E-state index >= 15 is 0 Å². The van der Waals surface area contributed by atoms with Crippen LogP contribution in [0.15, 0.2) is 65.5 Å². The highest BCUT2D eigenvalue weighted by Crippen LogP contribution is 2.66. The maximum absolute atomic E-state index is 12.2. The predicted octanol–water partition coefficient (Wildman–Crippen LogP) is 3.41. The quantitative estimate of drug-likeness (QED) is 0.566. The molecule has 0 bridgehead atoms. The van der Waals surface area contributed by atoms with Crippen LogP contribution in [0.1, 0.15) is 48.9 Å². The predicted molar refractivity (Wildman–Crippen MR) is 129 cm³/mol. The van der Waals surface area contributed by atoms with Gasteiger partial charge in [0.25, 0.3) is 0 Å². The van der Waals surface area contributed by atoms with Crippen LogP contribution in [0.4, 0.5) is 0 Å². The van der Waals surface area contributed by atoms with E-state index in [1.54, 1.807) is 24.4 Å². The summed E-state index contributed by atoms with van der Waals surface area (Å²) in [6.45, 7) is 0. The van der Waals surface area contributed by atoms with Gasteiger partial charge in [0.15, 0.2) is 0 Å². The summed E-state index contributed by atoms with van der Waals surface area (Å²) in [6.07, 6.45) is 13.2. The normalized spacial score (nSPS) is 26.1. The minimum Gasteiger partial charge on any atom is -0.389 e. The first-order valence-corrected chi connectivity index (χ1v) is 13.4. The fourth-order valence-electron chi connectivity index (χ4n) is 6.44. The van der Waals surface area contributed by atoms with Crippen molar-refractivity contribution in [3.63, 3.8) is 0 Å². The minimum atomic E-state index is -3.81. The van der Waals surface area contributed by atoms with Gasteiger partial charge in [0.05, 0.1) is 34.3 Å². The summed E-state index contributed by atoms with van der Waals surface area (Å²) in [5.74, 6) is 0.439. The third kappa shape index (κ3) is 3.27. The van der Waals surface area contributed by atoms with Crippen LogP contribution in [0.5, 0.6) is 0 Å². The summed E-state index contributed by atoms with van der Waals surface area (Å²) in [6, 6.07) is 10.8. The first-order valence-electron chi connectivity index (χ1n) is 11.8. The molecular formula is C26H28N4O3S. The van der Waals surface area contributed by atoms with Gasteiger partial charge in [0.1, 0.15) is 0 Å². The SMILES string of the molecule is NS(=O)(=O)c1ccccc1CC[C@]1(O)CCC2=Cc3c(cnn3-c3cccnc3)C[C@@]21C1CC1. The van der Waals surface area contributed by atoms with Crippen LogP contribution in [0, 0.1) is 11.3 Å². The van der Waals surface area contributed by atoms with E-state index in [0.29, 0.717) is 30.7 Å². The highest BCUT2D eigenvalue weighted by atomic mass is 32.2. The number of pyridine rings is 1. The van der Waals surface area contributed by atoms with E-state index in [1.807, 2.05) is 35.3 Å². The van der Waals surface area contributed by atoms with Gasteiger partial charge in [-0.25, -0.2) is 18.2 Å². The van der Waals surface area contributed by atoms with Crippen molar-refractivity contribution in [1.29, 1.82) is 0 Å². The lowest BCUT2D eigenvalue weighted by Gasteiger charge is -2.46. The van der Waals surface area contributed by atoms with E-state index in [4.69, 9.17) is 5.14 Å². The molecule has 0 amide bonds. The van der Waals surface area contributed by atoms with Gasteiger partial charge in [0, 0.05) is 11.6 Å². The number of aliphatic hydroxyl groups is 1. The van der Waals surface area contributed by atoms with Crippen LogP contribution in [0.2, 0.25) is 0 Å². The highest BCUT2D eigenvalue weighted by Gasteiger charge is 2.63. The Balaban J connectivity index is 1.36. The van der Waals surface area contributed by atoms with Crippen LogP contribution in [0.25, 0.3) is 11.8 Å². The Hall–Kier alpha value is -2.81. The molecule has 2 atom stereocenters. The van der Waals surface area contributed by atoms with Crippen molar-refractivity contribution in [2.45, 2.75) is 55.4 Å². The molecule has 2 fully saturated rings. The average Bonchev–Trinajstić information content (AvgIpc) is 3.55. The molecule has 2 aromatic heterocycles. The molecule has 2 heterocycles. The van der Waals surface area contributed by atoms with Crippen molar-refractivity contribution in [2.24, 2.45) is 16.5 Å². The van der Waals surface area contributed by atoms with Crippen molar-refractivity contribution in [3.05, 3.63) is 77.4 Å². The number of primary sulfonamides is 1. The molecule has 8 heteroatoms. The number of aryl methyl sites for hydroxylation is 1. The number of nitrogens with two attached hydrogens (primary N) is 1. The van der Waals surface area contributed by atoms with Gasteiger partial charge in [-0.2, -0.15) is 5.10 Å². The average molecular weight is 477 g/mol. The fraction of sp³-hybridized carbons (Fsp3) is 0.385. The zero-order valence-electron chi connectivity index (χ0n) is 18.9. The van der Waals surface area contributed by atoms with Gasteiger partial charge >= 0.3 is 0 Å². The molecule has 2 saturated carbocycles. The molecule has 0 spiro atoms. The largest absolute Gasteiger partial charge is 0.389 e. The first kappa shape index (κ1) is 21.7. The fourth-order valence-corrected chi connectivity index (χ4v) is 7.24. The number of rotatable bonds is 6. The molecule has 3 aromatic rings. The highest BCUT2D eigenvalue weighted by molar-refractivity contribution is 7.89. The standard InChI is InChI=1S/C26H28N4O3S/c27-34(32,33)24-6-2-1-4-18(24)9-11-25(31)12-10-21-14-23-19(15-26(21,25)20-7-8-20)16-29-30(23)22-5-3-13-28-17-22/h1-6,13-14,16-17,20,31H,7-12,15H2,(H2,27,32,33)/t25-,26+/m0/s1. The summed E-state index contributed by atoms with van der Waals surface area (Å²) < 4.78 is 26.1. The Kier molecular flexibility index (Phi) is 4.85. The van der Waals surface area contributed by atoms with E-state index in [-0.39, 0.29) is 10.3 Å². The molecule has 176 valence electrons. The number of hydrogen-bond donors (Lipinski definition) is 2. The molecule has 3 aliphatic rings. The Bertz CT molecular complexity index is 1390. The Morgan fingerprint density at radius 3 is 2.71 bits per heavy atom. The van der Waals surface area contributed by atoms with Crippen LogP contribution in [0.3, 0.4) is 0 Å². The molecular weight excluding hydrogens is 448 g/mol. The maximum atomic E-state index is 12.2. The third-order valence-corrected chi connectivity index (χ3v) is 9.14. The molecule has 7 nitrogen and oxygen atoms in total.